The molecule has 5 atom stereocenters. The quantitative estimate of drug-likeness (QED) is 0.438. The number of rotatable bonds is 4. The van der Waals surface area contributed by atoms with Crippen LogP contribution in [0.1, 0.15) is 12.6 Å². The molecule has 24 heavy (non-hydrogen) atoms. The zero-order chi connectivity index (χ0) is 16.7. The average molecular weight is 336 g/mol. The Labute approximate surface area is 137 Å². The Morgan fingerprint density at radius 1 is 1.29 bits per heavy atom. The van der Waals surface area contributed by atoms with E-state index in [1.165, 1.54) is 6.33 Å². The summed E-state index contributed by atoms with van der Waals surface area (Å²) in [6, 6.07) is -0.415. The van der Waals surface area contributed by atoms with Crippen molar-refractivity contribution in [2.75, 3.05) is 25.1 Å². The zero-order valence-electron chi connectivity index (χ0n) is 12.9. The predicted molar refractivity (Wildman–Crippen MR) is 83.2 cm³/mol. The first-order valence-electron chi connectivity index (χ1n) is 7.94. The van der Waals surface area contributed by atoms with Crippen molar-refractivity contribution < 1.29 is 20.1 Å². The lowest BCUT2D eigenvalue weighted by Gasteiger charge is -2.18. The highest BCUT2D eigenvalue weighted by Crippen LogP contribution is 2.27. The summed E-state index contributed by atoms with van der Waals surface area (Å²) in [6.45, 7) is 1.07. The molecule has 2 aliphatic rings. The number of fused-ring (bicyclic) bond motifs is 1. The summed E-state index contributed by atoms with van der Waals surface area (Å²) in [6.07, 6.45) is 1.11. The summed E-state index contributed by atoms with van der Waals surface area (Å²) in [5.74, 6) is 0.612. The van der Waals surface area contributed by atoms with Gasteiger partial charge in [-0.25, -0.2) is 15.0 Å². The number of hydrogen-bond acceptors (Lipinski definition) is 9. The van der Waals surface area contributed by atoms with Crippen molar-refractivity contribution in [1.29, 1.82) is 0 Å². The van der Waals surface area contributed by atoms with E-state index in [-0.39, 0.29) is 12.6 Å². The van der Waals surface area contributed by atoms with Crippen LogP contribution in [-0.2, 0) is 4.74 Å². The number of ether oxygens (including phenoxy) is 1. The summed E-state index contributed by atoms with van der Waals surface area (Å²) in [5, 5.41) is 35.8. The van der Waals surface area contributed by atoms with Gasteiger partial charge in [0.15, 0.2) is 11.5 Å². The lowest BCUT2D eigenvalue weighted by molar-refractivity contribution is 0.0112. The molecule has 4 heterocycles. The van der Waals surface area contributed by atoms with Crippen molar-refractivity contribution in [2.45, 2.75) is 36.9 Å². The summed E-state index contributed by atoms with van der Waals surface area (Å²) in [4.78, 5) is 12.9. The van der Waals surface area contributed by atoms with E-state index in [9.17, 15) is 15.3 Å². The average Bonchev–Trinajstić information content (AvgIpc) is 3.30. The van der Waals surface area contributed by atoms with E-state index < -0.39 is 24.4 Å². The van der Waals surface area contributed by atoms with Crippen LogP contribution < -0.4 is 10.6 Å². The Kier molecular flexibility index (Phi) is 4.06. The van der Waals surface area contributed by atoms with Crippen molar-refractivity contribution in [3.8, 4) is 0 Å². The van der Waals surface area contributed by atoms with Crippen LogP contribution in [0.2, 0.25) is 0 Å². The van der Waals surface area contributed by atoms with Gasteiger partial charge in [0.1, 0.15) is 30.2 Å². The highest BCUT2D eigenvalue weighted by molar-refractivity contribution is 5.82. The standard InChI is InChI=1S/C14H20N6O4/c21-3-8-10(22)11(23)14(19-8)20-6-17-9-12(15-5-16-13(9)20)18-7-1-2-24-4-7/h5-8,10-11,14,19,21-23H,1-4H2,(H,15,16,18)/t7-,8-,10-,11-,14+/m1/s1. The molecule has 0 saturated carbocycles. The zero-order valence-corrected chi connectivity index (χ0v) is 12.9. The van der Waals surface area contributed by atoms with Crippen molar-refractivity contribution in [3.63, 3.8) is 0 Å². The van der Waals surface area contributed by atoms with E-state index in [1.807, 2.05) is 0 Å². The Hall–Kier alpha value is -1.85. The maximum Gasteiger partial charge on any atom is 0.166 e. The Morgan fingerprint density at radius 3 is 2.88 bits per heavy atom. The molecule has 0 bridgehead atoms. The van der Waals surface area contributed by atoms with Gasteiger partial charge in [-0.2, -0.15) is 0 Å². The van der Waals surface area contributed by atoms with E-state index in [4.69, 9.17) is 4.74 Å². The highest BCUT2D eigenvalue weighted by atomic mass is 16.5. The van der Waals surface area contributed by atoms with E-state index in [2.05, 4.69) is 25.6 Å². The minimum absolute atomic E-state index is 0.184. The van der Waals surface area contributed by atoms with Gasteiger partial charge in [0.25, 0.3) is 0 Å². The SMILES string of the molecule is OC[C@H]1N[C@@H](n2cnc3c(N[C@@H]4CCOC4)ncnc32)[C@H](O)[C@@H]1O. The van der Waals surface area contributed by atoms with Gasteiger partial charge in [-0.05, 0) is 6.42 Å². The number of hydrogen-bond donors (Lipinski definition) is 5. The molecule has 2 fully saturated rings. The van der Waals surface area contributed by atoms with Gasteiger partial charge >= 0.3 is 0 Å². The van der Waals surface area contributed by atoms with Gasteiger partial charge < -0.3 is 25.4 Å². The van der Waals surface area contributed by atoms with Crippen LogP contribution in [0.25, 0.3) is 11.2 Å². The molecule has 10 heteroatoms. The van der Waals surface area contributed by atoms with Crippen LogP contribution in [0.15, 0.2) is 12.7 Å². The molecule has 0 unspecified atom stereocenters. The first-order chi connectivity index (χ1) is 11.7. The molecule has 0 aromatic carbocycles. The van der Waals surface area contributed by atoms with Crippen molar-refractivity contribution >= 4 is 17.0 Å². The number of aliphatic hydroxyl groups is 3. The number of nitrogens with one attached hydrogen (secondary N) is 2. The van der Waals surface area contributed by atoms with Gasteiger partial charge in [-0.15, -0.1) is 0 Å². The van der Waals surface area contributed by atoms with Crippen LogP contribution in [0, 0.1) is 0 Å². The number of imidazole rings is 1. The molecule has 5 N–H and O–H groups in total. The fourth-order valence-corrected chi connectivity index (χ4v) is 3.25. The normalized spacial score (nSPS) is 33.4. The Balaban J connectivity index is 1.65. The topological polar surface area (TPSA) is 138 Å². The number of anilines is 1. The number of aromatic nitrogens is 4. The molecule has 2 saturated heterocycles. The first kappa shape index (κ1) is 15.7. The fourth-order valence-electron chi connectivity index (χ4n) is 3.25. The summed E-state index contributed by atoms with van der Waals surface area (Å²) in [5.41, 5.74) is 1.12. The Morgan fingerprint density at radius 2 is 2.17 bits per heavy atom. The van der Waals surface area contributed by atoms with Crippen LogP contribution >= 0.6 is 0 Å². The van der Waals surface area contributed by atoms with E-state index in [0.29, 0.717) is 23.6 Å². The van der Waals surface area contributed by atoms with Crippen LogP contribution in [-0.4, -0.2) is 79.0 Å². The van der Waals surface area contributed by atoms with Crippen molar-refractivity contribution in [2.24, 2.45) is 0 Å². The molecule has 2 aromatic heterocycles. The third kappa shape index (κ3) is 2.52. The monoisotopic (exact) mass is 336 g/mol. The highest BCUT2D eigenvalue weighted by Gasteiger charge is 2.42. The second kappa shape index (κ2) is 6.22. The van der Waals surface area contributed by atoms with Crippen molar-refractivity contribution in [1.82, 2.24) is 24.8 Å². The second-order valence-corrected chi connectivity index (χ2v) is 6.13. The molecular weight excluding hydrogens is 316 g/mol. The minimum Gasteiger partial charge on any atom is -0.395 e. The van der Waals surface area contributed by atoms with Crippen LogP contribution in [0.5, 0.6) is 0 Å². The smallest absolute Gasteiger partial charge is 0.166 e. The molecule has 0 aliphatic carbocycles. The second-order valence-electron chi connectivity index (χ2n) is 6.13. The molecule has 2 aliphatic heterocycles. The van der Waals surface area contributed by atoms with E-state index in [0.717, 1.165) is 13.0 Å². The predicted octanol–water partition coefficient (Wildman–Crippen LogP) is -1.79. The van der Waals surface area contributed by atoms with E-state index >= 15 is 0 Å². The van der Waals surface area contributed by atoms with Gasteiger partial charge in [0.2, 0.25) is 0 Å². The van der Waals surface area contributed by atoms with E-state index in [1.54, 1.807) is 10.9 Å². The summed E-state index contributed by atoms with van der Waals surface area (Å²) in [7, 11) is 0. The summed E-state index contributed by atoms with van der Waals surface area (Å²) >= 11 is 0. The van der Waals surface area contributed by atoms with Crippen molar-refractivity contribution in [3.05, 3.63) is 12.7 Å². The third-order valence-corrected chi connectivity index (χ3v) is 4.60. The third-order valence-electron chi connectivity index (χ3n) is 4.60. The molecule has 0 radical (unpaired) electrons. The molecule has 2 aromatic rings. The molecule has 130 valence electrons. The first-order valence-corrected chi connectivity index (χ1v) is 7.94. The molecule has 0 amide bonds. The lowest BCUT2D eigenvalue weighted by Crippen LogP contribution is -2.36. The molecule has 0 spiro atoms. The molecule has 10 nitrogen and oxygen atoms in total. The molecular formula is C14H20N6O4. The van der Waals surface area contributed by atoms with Crippen LogP contribution in [0.4, 0.5) is 5.82 Å². The largest absolute Gasteiger partial charge is 0.395 e. The lowest BCUT2D eigenvalue weighted by atomic mass is 10.1. The maximum atomic E-state index is 10.2. The van der Waals surface area contributed by atoms with Gasteiger partial charge in [-0.3, -0.25) is 9.88 Å². The summed E-state index contributed by atoms with van der Waals surface area (Å²) < 4.78 is 7.00. The fraction of sp³-hybridized carbons (Fsp3) is 0.643. The van der Waals surface area contributed by atoms with Gasteiger partial charge in [-0.1, -0.05) is 0 Å². The number of aliphatic hydroxyl groups excluding tert-OH is 3. The van der Waals surface area contributed by atoms with Gasteiger partial charge in [0, 0.05) is 6.61 Å². The maximum absolute atomic E-state index is 10.2. The Bertz CT molecular complexity index is 718. The molecule has 4 rings (SSSR count). The van der Waals surface area contributed by atoms with Crippen LogP contribution in [0.3, 0.4) is 0 Å². The minimum atomic E-state index is -1.07. The number of nitrogens with zero attached hydrogens (tertiary/aromatic N) is 4. The van der Waals surface area contributed by atoms with Gasteiger partial charge in [0.05, 0.1) is 31.6 Å².